The molecule has 7 heteroatoms. The lowest BCUT2D eigenvalue weighted by atomic mass is 10.1. The standard InChI is InChI=1S/C20H34N2O4Si/c1-15(2)26-20(23)22-17(12-14-25-19-11-6-7-13-24-19)16-9-8-10-18(21-16)27(3,4)5/h8-10,15,17,19H,6-7,11-14H2,1-5H3,(H,22,23)/t17-,19?/m0/s1. The number of amides is 1. The molecule has 0 aliphatic carbocycles. The van der Waals surface area contributed by atoms with Gasteiger partial charge in [-0.3, -0.25) is 4.98 Å². The normalized spacial score (nSPS) is 19.0. The molecule has 1 aliphatic rings. The molecule has 152 valence electrons. The number of aromatic nitrogens is 1. The Balaban J connectivity index is 2.05. The molecule has 2 atom stereocenters. The van der Waals surface area contributed by atoms with Crippen LogP contribution in [0.2, 0.25) is 19.6 Å². The zero-order valence-electron chi connectivity index (χ0n) is 17.3. The van der Waals surface area contributed by atoms with Crippen LogP contribution in [-0.2, 0) is 14.2 Å². The highest BCUT2D eigenvalue weighted by atomic mass is 28.3. The lowest BCUT2D eigenvalue weighted by Crippen LogP contribution is -2.41. The summed E-state index contributed by atoms with van der Waals surface area (Å²) in [6, 6.07) is 5.80. The van der Waals surface area contributed by atoms with Crippen LogP contribution in [0.4, 0.5) is 4.79 Å². The van der Waals surface area contributed by atoms with Gasteiger partial charge < -0.3 is 19.5 Å². The van der Waals surface area contributed by atoms with E-state index in [1.165, 1.54) is 0 Å². The van der Waals surface area contributed by atoms with E-state index < -0.39 is 14.2 Å². The van der Waals surface area contributed by atoms with Crippen molar-refractivity contribution in [2.24, 2.45) is 0 Å². The number of pyridine rings is 1. The van der Waals surface area contributed by atoms with Crippen molar-refractivity contribution in [2.75, 3.05) is 13.2 Å². The minimum Gasteiger partial charge on any atom is -0.447 e. The van der Waals surface area contributed by atoms with E-state index in [0.717, 1.165) is 36.9 Å². The van der Waals surface area contributed by atoms with Crippen molar-refractivity contribution in [3.63, 3.8) is 0 Å². The van der Waals surface area contributed by atoms with Crippen molar-refractivity contribution in [2.45, 2.75) is 77.6 Å². The predicted octanol–water partition coefficient (Wildman–Crippen LogP) is 3.74. The predicted molar refractivity (Wildman–Crippen MR) is 109 cm³/mol. The van der Waals surface area contributed by atoms with Crippen LogP contribution >= 0.6 is 0 Å². The maximum absolute atomic E-state index is 12.2. The summed E-state index contributed by atoms with van der Waals surface area (Å²) in [6.07, 6.45) is 3.04. The van der Waals surface area contributed by atoms with Crippen molar-refractivity contribution in [1.29, 1.82) is 0 Å². The molecule has 1 N–H and O–H groups in total. The molecular formula is C20H34N2O4Si. The van der Waals surface area contributed by atoms with Gasteiger partial charge >= 0.3 is 6.09 Å². The highest BCUT2D eigenvalue weighted by Crippen LogP contribution is 2.18. The van der Waals surface area contributed by atoms with Crippen molar-refractivity contribution >= 4 is 19.5 Å². The third kappa shape index (κ3) is 7.60. The van der Waals surface area contributed by atoms with Crippen LogP contribution in [0.1, 0.15) is 51.3 Å². The van der Waals surface area contributed by atoms with Crippen LogP contribution in [0.15, 0.2) is 18.2 Å². The van der Waals surface area contributed by atoms with Gasteiger partial charge in [0.1, 0.15) is 8.07 Å². The summed E-state index contributed by atoms with van der Waals surface area (Å²) in [5.41, 5.74) is 0.851. The maximum Gasteiger partial charge on any atom is 0.407 e. The number of hydrogen-bond donors (Lipinski definition) is 1. The van der Waals surface area contributed by atoms with Crippen LogP contribution in [-0.4, -0.2) is 44.8 Å². The third-order valence-corrected chi connectivity index (χ3v) is 6.19. The zero-order chi connectivity index (χ0) is 19.9. The molecule has 2 heterocycles. The van der Waals surface area contributed by atoms with Gasteiger partial charge in [-0.1, -0.05) is 25.7 Å². The molecule has 0 saturated carbocycles. The number of rotatable bonds is 8. The van der Waals surface area contributed by atoms with E-state index in [-0.39, 0.29) is 18.4 Å². The highest BCUT2D eigenvalue weighted by Gasteiger charge is 2.23. The molecule has 0 spiro atoms. The second kappa shape index (κ2) is 10.2. The van der Waals surface area contributed by atoms with Gasteiger partial charge in [0.15, 0.2) is 6.29 Å². The second-order valence-corrected chi connectivity index (χ2v) is 13.3. The quantitative estimate of drug-likeness (QED) is 0.680. The van der Waals surface area contributed by atoms with Crippen molar-refractivity contribution < 1.29 is 19.0 Å². The van der Waals surface area contributed by atoms with E-state index in [1.54, 1.807) is 0 Å². The summed E-state index contributed by atoms with van der Waals surface area (Å²) in [5.74, 6) is 0. The van der Waals surface area contributed by atoms with Gasteiger partial charge in [0, 0.05) is 11.9 Å². The molecular weight excluding hydrogens is 360 g/mol. The van der Waals surface area contributed by atoms with Gasteiger partial charge in [-0.2, -0.15) is 0 Å². The minimum atomic E-state index is -1.54. The fraction of sp³-hybridized carbons (Fsp3) is 0.700. The molecule has 0 bridgehead atoms. The highest BCUT2D eigenvalue weighted by molar-refractivity contribution is 6.88. The van der Waals surface area contributed by atoms with Gasteiger partial charge in [0.25, 0.3) is 0 Å². The molecule has 1 aromatic rings. The first-order chi connectivity index (χ1) is 12.8. The average Bonchev–Trinajstić information content (AvgIpc) is 2.60. The number of nitrogens with zero attached hydrogens (tertiary/aromatic N) is 1. The Hall–Kier alpha value is -1.44. The summed E-state index contributed by atoms with van der Waals surface area (Å²) in [5, 5.41) is 4.08. The molecule has 1 unspecified atom stereocenters. The van der Waals surface area contributed by atoms with Gasteiger partial charge in [-0.05, 0) is 51.7 Å². The Morgan fingerprint density at radius 3 is 2.74 bits per heavy atom. The van der Waals surface area contributed by atoms with E-state index in [1.807, 2.05) is 26.0 Å². The smallest absolute Gasteiger partial charge is 0.407 e. The van der Waals surface area contributed by atoms with E-state index in [2.05, 4.69) is 31.0 Å². The summed E-state index contributed by atoms with van der Waals surface area (Å²) in [4.78, 5) is 17.0. The van der Waals surface area contributed by atoms with E-state index in [9.17, 15) is 4.79 Å². The second-order valence-electron chi connectivity index (χ2n) is 8.30. The topological polar surface area (TPSA) is 69.7 Å². The fourth-order valence-corrected chi connectivity index (χ4v) is 3.97. The first-order valence-electron chi connectivity index (χ1n) is 9.93. The lowest BCUT2D eigenvalue weighted by molar-refractivity contribution is -0.163. The van der Waals surface area contributed by atoms with Crippen LogP contribution in [0.25, 0.3) is 0 Å². The van der Waals surface area contributed by atoms with Crippen LogP contribution < -0.4 is 10.6 Å². The summed E-state index contributed by atoms with van der Waals surface area (Å²) in [7, 11) is -1.54. The van der Waals surface area contributed by atoms with Gasteiger partial charge in [0.2, 0.25) is 0 Å². The Morgan fingerprint density at radius 1 is 1.33 bits per heavy atom. The van der Waals surface area contributed by atoms with Crippen molar-refractivity contribution in [3.05, 3.63) is 23.9 Å². The molecule has 1 aliphatic heterocycles. The maximum atomic E-state index is 12.2. The lowest BCUT2D eigenvalue weighted by Gasteiger charge is -2.25. The number of alkyl carbamates (subject to hydrolysis) is 1. The van der Waals surface area contributed by atoms with Crippen molar-refractivity contribution in [1.82, 2.24) is 10.3 Å². The minimum absolute atomic E-state index is 0.136. The number of carbonyl (C=O) groups is 1. The number of carbonyl (C=O) groups excluding carboxylic acids is 1. The largest absolute Gasteiger partial charge is 0.447 e. The van der Waals surface area contributed by atoms with Gasteiger partial charge in [-0.25, -0.2) is 4.79 Å². The number of nitrogens with one attached hydrogen (secondary N) is 1. The first-order valence-corrected chi connectivity index (χ1v) is 13.4. The van der Waals surface area contributed by atoms with Crippen molar-refractivity contribution in [3.8, 4) is 0 Å². The Labute approximate surface area is 164 Å². The number of hydrogen-bond acceptors (Lipinski definition) is 5. The van der Waals surface area contributed by atoms with Gasteiger partial charge in [-0.15, -0.1) is 0 Å². The van der Waals surface area contributed by atoms with E-state index in [0.29, 0.717) is 13.0 Å². The molecule has 1 aromatic heterocycles. The van der Waals surface area contributed by atoms with E-state index in [4.69, 9.17) is 19.2 Å². The van der Waals surface area contributed by atoms with Crippen LogP contribution in [0, 0.1) is 0 Å². The molecule has 1 saturated heterocycles. The SMILES string of the molecule is CC(C)OC(=O)N[C@@H](CCOC1CCCCO1)c1cccc([Si](C)(C)C)n1. The Kier molecular flexibility index (Phi) is 8.25. The molecule has 1 amide bonds. The summed E-state index contributed by atoms with van der Waals surface area (Å²) >= 11 is 0. The third-order valence-electron chi connectivity index (χ3n) is 4.38. The molecule has 27 heavy (non-hydrogen) atoms. The molecule has 2 rings (SSSR count). The summed E-state index contributed by atoms with van der Waals surface area (Å²) in [6.45, 7) is 11.7. The Morgan fingerprint density at radius 2 is 2.11 bits per heavy atom. The number of ether oxygens (including phenoxy) is 3. The average molecular weight is 395 g/mol. The monoisotopic (exact) mass is 394 g/mol. The fourth-order valence-electron chi connectivity index (χ4n) is 2.91. The van der Waals surface area contributed by atoms with Crippen LogP contribution in [0.3, 0.4) is 0 Å². The molecule has 6 nitrogen and oxygen atoms in total. The zero-order valence-corrected chi connectivity index (χ0v) is 18.3. The molecule has 0 radical (unpaired) electrons. The Bertz CT molecular complexity index is 598. The first kappa shape index (κ1) is 21.9. The van der Waals surface area contributed by atoms with E-state index >= 15 is 0 Å². The van der Waals surface area contributed by atoms with Crippen LogP contribution in [0.5, 0.6) is 0 Å². The molecule has 0 aromatic carbocycles. The van der Waals surface area contributed by atoms with Gasteiger partial charge in [0.05, 0.1) is 24.4 Å². The summed E-state index contributed by atoms with van der Waals surface area (Å²) < 4.78 is 16.7. The molecule has 1 fully saturated rings.